The van der Waals surface area contributed by atoms with Crippen LogP contribution in [-0.4, -0.2) is 24.4 Å². The Labute approximate surface area is 205 Å². The Balaban J connectivity index is 1.86. The first-order chi connectivity index (χ1) is 16.3. The average molecular weight is 489 g/mol. The van der Waals surface area contributed by atoms with E-state index in [-0.39, 0.29) is 5.56 Å². The number of rotatable bonds is 4. The van der Waals surface area contributed by atoms with Crippen LogP contribution in [0, 0.1) is 4.77 Å². The Hall–Kier alpha value is -3.52. The minimum atomic E-state index is -1.64. The van der Waals surface area contributed by atoms with E-state index in [9.17, 15) is 9.90 Å². The number of aromatic amines is 1. The van der Waals surface area contributed by atoms with Crippen LogP contribution in [0.15, 0.2) is 83.7 Å². The van der Waals surface area contributed by atoms with Gasteiger partial charge >= 0.3 is 0 Å². The summed E-state index contributed by atoms with van der Waals surface area (Å²) in [6.45, 7) is 0. The van der Waals surface area contributed by atoms with Gasteiger partial charge in [0.1, 0.15) is 0 Å². The first kappa shape index (κ1) is 22.3. The summed E-state index contributed by atoms with van der Waals surface area (Å²) in [5.41, 5.74) is 1.87. The second kappa shape index (κ2) is 8.36. The fraction of sp³-hybridized carbons (Fsp3) is 0.115. The maximum atomic E-state index is 12.7. The van der Waals surface area contributed by atoms with E-state index in [1.807, 2.05) is 48.5 Å². The van der Waals surface area contributed by atoms with Crippen molar-refractivity contribution in [1.29, 1.82) is 0 Å². The predicted octanol–water partition coefficient (Wildman–Crippen LogP) is 4.93. The van der Waals surface area contributed by atoms with Crippen molar-refractivity contribution in [2.45, 2.75) is 5.60 Å². The highest BCUT2D eigenvalue weighted by molar-refractivity contribution is 7.71. The SMILES string of the molecule is Cn1c(C(O)(c2ccc(Cl)cc2)c2ccc3c(c2)c(-c2ccccc2)cc(=O)n3C)n[nH]c1=S. The van der Waals surface area contributed by atoms with Gasteiger partial charge in [-0.25, -0.2) is 0 Å². The summed E-state index contributed by atoms with van der Waals surface area (Å²) in [5.74, 6) is 0.338. The summed E-state index contributed by atoms with van der Waals surface area (Å²) in [7, 11) is 3.49. The van der Waals surface area contributed by atoms with Crippen LogP contribution >= 0.6 is 23.8 Å². The summed E-state index contributed by atoms with van der Waals surface area (Å²) in [5, 5.41) is 20.8. The first-order valence-electron chi connectivity index (χ1n) is 10.6. The minimum Gasteiger partial charge on any atom is -0.373 e. The van der Waals surface area contributed by atoms with Crippen molar-refractivity contribution in [1.82, 2.24) is 19.3 Å². The third-order valence-electron chi connectivity index (χ3n) is 6.21. The van der Waals surface area contributed by atoms with Gasteiger partial charge in [-0.05, 0) is 58.7 Å². The van der Waals surface area contributed by atoms with Crippen LogP contribution in [0.2, 0.25) is 5.02 Å². The van der Waals surface area contributed by atoms with E-state index in [1.54, 1.807) is 53.6 Å². The predicted molar refractivity (Wildman–Crippen MR) is 137 cm³/mol. The van der Waals surface area contributed by atoms with E-state index in [1.165, 1.54) is 0 Å². The molecule has 0 saturated carbocycles. The van der Waals surface area contributed by atoms with Crippen LogP contribution in [-0.2, 0) is 19.7 Å². The molecule has 0 radical (unpaired) electrons. The molecule has 0 aliphatic carbocycles. The van der Waals surface area contributed by atoms with Crippen molar-refractivity contribution in [3.8, 4) is 11.1 Å². The molecular formula is C26H21ClN4O2S. The molecule has 0 saturated heterocycles. The number of hydrogen-bond acceptors (Lipinski definition) is 4. The Kier molecular flexibility index (Phi) is 5.48. The highest BCUT2D eigenvalue weighted by Crippen LogP contribution is 2.38. The maximum absolute atomic E-state index is 12.7. The van der Waals surface area contributed by atoms with Crippen LogP contribution in [0.3, 0.4) is 0 Å². The van der Waals surface area contributed by atoms with Crippen LogP contribution in [0.1, 0.15) is 17.0 Å². The standard InChI is InChI=1S/C26H21ClN4O2S/c1-30-22-13-10-18(14-21(22)20(15-23(30)32)16-6-4-3-5-7-16)26(33,17-8-11-19(27)12-9-17)24-28-29-25(34)31(24)2/h3-15,33H,1-2H3,(H,29,34). The van der Waals surface area contributed by atoms with Crippen molar-refractivity contribution < 1.29 is 5.11 Å². The molecule has 0 aliphatic rings. The maximum Gasteiger partial charge on any atom is 0.251 e. The zero-order valence-electron chi connectivity index (χ0n) is 18.5. The van der Waals surface area contributed by atoms with E-state index >= 15 is 0 Å². The molecule has 0 bridgehead atoms. The summed E-state index contributed by atoms with van der Waals surface area (Å²) in [6, 6.07) is 23.9. The van der Waals surface area contributed by atoms with E-state index in [0.717, 1.165) is 22.0 Å². The lowest BCUT2D eigenvalue weighted by Gasteiger charge is -2.29. The van der Waals surface area contributed by atoms with Gasteiger partial charge in [0, 0.05) is 30.6 Å². The third kappa shape index (κ3) is 3.49. The molecule has 1 atom stereocenters. The number of pyridine rings is 1. The number of halogens is 1. The number of nitrogens with one attached hydrogen (secondary N) is 1. The zero-order chi connectivity index (χ0) is 24.0. The highest BCUT2D eigenvalue weighted by Gasteiger charge is 2.39. The van der Waals surface area contributed by atoms with Gasteiger partial charge in [-0.1, -0.05) is 60.1 Å². The van der Waals surface area contributed by atoms with Gasteiger partial charge in [0.25, 0.3) is 5.56 Å². The smallest absolute Gasteiger partial charge is 0.251 e. The van der Waals surface area contributed by atoms with Crippen molar-refractivity contribution in [2.75, 3.05) is 0 Å². The molecule has 0 aliphatic heterocycles. The van der Waals surface area contributed by atoms with Gasteiger partial charge in [-0.15, -0.1) is 0 Å². The second-order valence-electron chi connectivity index (χ2n) is 8.18. The normalized spacial score (nSPS) is 13.2. The molecular weight excluding hydrogens is 468 g/mol. The average Bonchev–Trinajstić information content (AvgIpc) is 3.20. The molecule has 6 nitrogen and oxygen atoms in total. The first-order valence-corrected chi connectivity index (χ1v) is 11.4. The largest absolute Gasteiger partial charge is 0.373 e. The van der Waals surface area contributed by atoms with Gasteiger partial charge in [-0.3, -0.25) is 9.89 Å². The van der Waals surface area contributed by atoms with Crippen molar-refractivity contribution in [3.05, 3.63) is 116 Å². The zero-order valence-corrected chi connectivity index (χ0v) is 20.1. The number of nitrogens with zero attached hydrogens (tertiary/aromatic N) is 3. The number of aliphatic hydroxyl groups is 1. The summed E-state index contributed by atoms with van der Waals surface area (Å²) in [6.07, 6.45) is 0. The molecule has 0 spiro atoms. The van der Waals surface area contributed by atoms with E-state index in [0.29, 0.717) is 26.7 Å². The fourth-order valence-electron chi connectivity index (χ4n) is 4.33. The number of hydrogen-bond donors (Lipinski definition) is 2. The molecule has 5 aromatic rings. The monoisotopic (exact) mass is 488 g/mol. The Morgan fingerprint density at radius 2 is 1.62 bits per heavy atom. The number of H-pyrrole nitrogens is 1. The van der Waals surface area contributed by atoms with Gasteiger partial charge in [0.15, 0.2) is 16.2 Å². The molecule has 2 N–H and O–H groups in total. The van der Waals surface area contributed by atoms with Crippen LogP contribution in [0.5, 0.6) is 0 Å². The molecule has 5 rings (SSSR count). The fourth-order valence-corrected chi connectivity index (χ4v) is 4.59. The molecule has 1 unspecified atom stereocenters. The van der Waals surface area contributed by atoms with Crippen molar-refractivity contribution in [2.24, 2.45) is 14.1 Å². The van der Waals surface area contributed by atoms with Crippen LogP contribution in [0.25, 0.3) is 22.0 Å². The molecule has 8 heteroatoms. The number of aromatic nitrogens is 4. The number of aryl methyl sites for hydroxylation is 1. The van der Waals surface area contributed by atoms with Crippen LogP contribution < -0.4 is 5.56 Å². The lowest BCUT2D eigenvalue weighted by molar-refractivity contribution is 0.112. The van der Waals surface area contributed by atoms with Crippen molar-refractivity contribution in [3.63, 3.8) is 0 Å². The number of fused-ring (bicyclic) bond motifs is 1. The minimum absolute atomic E-state index is 0.110. The molecule has 0 amide bonds. The molecule has 3 aromatic carbocycles. The molecule has 2 heterocycles. The highest BCUT2D eigenvalue weighted by atomic mass is 35.5. The lowest BCUT2D eigenvalue weighted by Crippen LogP contribution is -2.32. The quantitative estimate of drug-likeness (QED) is 0.351. The molecule has 170 valence electrons. The molecule has 2 aromatic heterocycles. The Morgan fingerprint density at radius 3 is 2.26 bits per heavy atom. The van der Waals surface area contributed by atoms with E-state index < -0.39 is 5.60 Å². The Bertz CT molecular complexity index is 1640. The van der Waals surface area contributed by atoms with Gasteiger partial charge in [0.2, 0.25) is 0 Å². The van der Waals surface area contributed by atoms with Gasteiger partial charge < -0.3 is 14.2 Å². The summed E-state index contributed by atoms with van der Waals surface area (Å²) in [4.78, 5) is 12.7. The van der Waals surface area contributed by atoms with Gasteiger partial charge in [-0.2, -0.15) is 5.10 Å². The molecule has 0 fully saturated rings. The second-order valence-corrected chi connectivity index (χ2v) is 9.01. The summed E-state index contributed by atoms with van der Waals surface area (Å²) >= 11 is 11.5. The van der Waals surface area contributed by atoms with E-state index in [4.69, 9.17) is 23.8 Å². The topological polar surface area (TPSA) is 75.8 Å². The van der Waals surface area contributed by atoms with E-state index in [2.05, 4.69) is 10.2 Å². The lowest BCUT2D eigenvalue weighted by atomic mass is 9.84. The van der Waals surface area contributed by atoms with Crippen LogP contribution in [0.4, 0.5) is 0 Å². The third-order valence-corrected chi connectivity index (χ3v) is 6.83. The number of benzene rings is 3. The van der Waals surface area contributed by atoms with Crippen molar-refractivity contribution >= 4 is 34.7 Å². The molecule has 34 heavy (non-hydrogen) atoms. The Morgan fingerprint density at radius 1 is 0.941 bits per heavy atom. The van der Waals surface area contributed by atoms with Gasteiger partial charge in [0.05, 0.1) is 5.52 Å². The summed E-state index contributed by atoms with van der Waals surface area (Å²) < 4.78 is 3.63.